The molecule has 0 saturated heterocycles. The second kappa shape index (κ2) is 2.96. The van der Waals surface area contributed by atoms with E-state index in [2.05, 4.69) is 13.2 Å². The molecule has 1 rings (SSSR count). The molecule has 0 spiro atoms. The van der Waals surface area contributed by atoms with Gasteiger partial charge in [0.2, 0.25) is 0 Å². The molecular formula is C8H16S. The van der Waals surface area contributed by atoms with Gasteiger partial charge in [0.05, 0.1) is 0 Å². The van der Waals surface area contributed by atoms with Crippen LogP contribution in [-0.4, -0.2) is 12.0 Å². The van der Waals surface area contributed by atoms with Crippen molar-refractivity contribution in [2.45, 2.75) is 32.6 Å². The van der Waals surface area contributed by atoms with Crippen molar-refractivity contribution < 1.29 is 0 Å². The molecule has 0 aliphatic heterocycles. The van der Waals surface area contributed by atoms with Crippen molar-refractivity contribution in [1.82, 2.24) is 0 Å². The van der Waals surface area contributed by atoms with E-state index in [0.29, 0.717) is 0 Å². The lowest BCUT2D eigenvalue weighted by Crippen LogP contribution is -2.30. The zero-order valence-electron chi connectivity index (χ0n) is 6.44. The average molecular weight is 144 g/mol. The Labute approximate surface area is 62.4 Å². The lowest BCUT2D eigenvalue weighted by molar-refractivity contribution is 0.162. The van der Waals surface area contributed by atoms with Crippen LogP contribution in [0.15, 0.2) is 0 Å². The molecule has 0 radical (unpaired) electrons. The topological polar surface area (TPSA) is 0 Å². The molecule has 1 heteroatoms. The van der Waals surface area contributed by atoms with Crippen LogP contribution >= 0.6 is 11.8 Å². The highest BCUT2D eigenvalue weighted by Gasteiger charge is 2.33. The maximum absolute atomic E-state index is 2.33. The van der Waals surface area contributed by atoms with Crippen LogP contribution in [-0.2, 0) is 0 Å². The maximum Gasteiger partial charge on any atom is -0.00137 e. The van der Waals surface area contributed by atoms with Crippen molar-refractivity contribution in [3.63, 3.8) is 0 Å². The van der Waals surface area contributed by atoms with Gasteiger partial charge in [-0.25, -0.2) is 0 Å². The number of rotatable bonds is 3. The molecule has 1 saturated carbocycles. The largest absolute Gasteiger partial charge is 0.165 e. The molecule has 1 aliphatic carbocycles. The first-order valence-corrected chi connectivity index (χ1v) is 5.21. The molecular weight excluding hydrogens is 128 g/mol. The standard InChI is InChI=1S/C8H16S/c1-3-8(7-9-2)5-4-6-8/h3-7H2,1-2H3. The lowest BCUT2D eigenvalue weighted by atomic mass is 9.68. The fourth-order valence-electron chi connectivity index (χ4n) is 1.58. The Morgan fingerprint density at radius 3 is 2.22 bits per heavy atom. The van der Waals surface area contributed by atoms with Crippen LogP contribution in [0.4, 0.5) is 0 Å². The van der Waals surface area contributed by atoms with E-state index in [1.807, 2.05) is 11.8 Å². The van der Waals surface area contributed by atoms with E-state index in [9.17, 15) is 0 Å². The number of hydrogen-bond acceptors (Lipinski definition) is 1. The first-order chi connectivity index (χ1) is 4.33. The monoisotopic (exact) mass is 144 g/mol. The molecule has 0 N–H and O–H groups in total. The van der Waals surface area contributed by atoms with Gasteiger partial charge >= 0.3 is 0 Å². The van der Waals surface area contributed by atoms with E-state index in [1.165, 1.54) is 31.4 Å². The first kappa shape index (κ1) is 7.46. The molecule has 1 fully saturated rings. The van der Waals surface area contributed by atoms with Gasteiger partial charge in [-0.15, -0.1) is 0 Å². The van der Waals surface area contributed by atoms with E-state index in [1.54, 1.807) is 0 Å². The molecule has 0 bridgehead atoms. The normalized spacial score (nSPS) is 23.3. The average Bonchev–Trinajstić information content (AvgIpc) is 1.79. The third-order valence-corrected chi connectivity index (χ3v) is 3.52. The minimum absolute atomic E-state index is 0.777. The molecule has 0 nitrogen and oxygen atoms in total. The van der Waals surface area contributed by atoms with Crippen LogP contribution in [0.3, 0.4) is 0 Å². The highest BCUT2D eigenvalue weighted by atomic mass is 32.2. The smallest absolute Gasteiger partial charge is 0.00137 e. The van der Waals surface area contributed by atoms with Gasteiger partial charge < -0.3 is 0 Å². The minimum Gasteiger partial charge on any atom is -0.165 e. The summed E-state index contributed by atoms with van der Waals surface area (Å²) in [5.74, 6) is 1.39. The molecule has 0 heterocycles. The van der Waals surface area contributed by atoms with Gasteiger partial charge in [-0.3, -0.25) is 0 Å². The van der Waals surface area contributed by atoms with Gasteiger partial charge in [-0.1, -0.05) is 13.3 Å². The van der Waals surface area contributed by atoms with Gasteiger partial charge in [0.1, 0.15) is 0 Å². The number of hydrogen-bond donors (Lipinski definition) is 0. The first-order valence-electron chi connectivity index (χ1n) is 3.82. The van der Waals surface area contributed by atoms with E-state index < -0.39 is 0 Å². The molecule has 0 atom stereocenters. The molecule has 0 amide bonds. The summed E-state index contributed by atoms with van der Waals surface area (Å²) in [4.78, 5) is 0. The molecule has 0 aromatic rings. The summed E-state index contributed by atoms with van der Waals surface area (Å²) < 4.78 is 0. The van der Waals surface area contributed by atoms with E-state index in [0.717, 1.165) is 5.41 Å². The van der Waals surface area contributed by atoms with Crippen molar-refractivity contribution >= 4 is 11.8 Å². The van der Waals surface area contributed by atoms with Crippen molar-refractivity contribution in [1.29, 1.82) is 0 Å². The van der Waals surface area contributed by atoms with Gasteiger partial charge in [0.15, 0.2) is 0 Å². The molecule has 0 aromatic carbocycles. The fraction of sp³-hybridized carbons (Fsp3) is 1.00. The predicted molar refractivity (Wildman–Crippen MR) is 45.0 cm³/mol. The van der Waals surface area contributed by atoms with Gasteiger partial charge in [0.25, 0.3) is 0 Å². The summed E-state index contributed by atoms with van der Waals surface area (Å²) in [6.07, 6.45) is 8.08. The third-order valence-electron chi connectivity index (χ3n) is 2.61. The van der Waals surface area contributed by atoms with Crippen LogP contribution < -0.4 is 0 Å². The van der Waals surface area contributed by atoms with Gasteiger partial charge in [-0.05, 0) is 36.7 Å². The van der Waals surface area contributed by atoms with E-state index in [4.69, 9.17) is 0 Å². The van der Waals surface area contributed by atoms with Crippen LogP contribution in [0.1, 0.15) is 32.6 Å². The Bertz CT molecular complexity index is 79.1. The van der Waals surface area contributed by atoms with E-state index >= 15 is 0 Å². The molecule has 0 unspecified atom stereocenters. The maximum atomic E-state index is 2.33. The quantitative estimate of drug-likeness (QED) is 0.587. The Balaban J connectivity index is 2.28. The van der Waals surface area contributed by atoms with Crippen molar-refractivity contribution in [3.05, 3.63) is 0 Å². The highest BCUT2D eigenvalue weighted by Crippen LogP contribution is 2.45. The summed E-state index contributed by atoms with van der Waals surface area (Å²) in [6.45, 7) is 2.33. The van der Waals surface area contributed by atoms with Gasteiger partial charge in [0, 0.05) is 0 Å². The fourth-order valence-corrected chi connectivity index (χ4v) is 2.69. The third kappa shape index (κ3) is 1.43. The van der Waals surface area contributed by atoms with Gasteiger partial charge in [-0.2, -0.15) is 11.8 Å². The van der Waals surface area contributed by atoms with Crippen molar-refractivity contribution in [3.8, 4) is 0 Å². The van der Waals surface area contributed by atoms with Crippen LogP contribution in [0.2, 0.25) is 0 Å². The van der Waals surface area contributed by atoms with Crippen molar-refractivity contribution in [2.75, 3.05) is 12.0 Å². The summed E-state index contributed by atoms with van der Waals surface area (Å²) in [5.41, 5.74) is 0.777. The molecule has 0 aromatic heterocycles. The Kier molecular flexibility index (Phi) is 2.45. The zero-order chi connectivity index (χ0) is 6.74. The minimum atomic E-state index is 0.777. The Morgan fingerprint density at radius 2 is 2.11 bits per heavy atom. The Hall–Kier alpha value is 0.350. The SMILES string of the molecule is CCC1(CSC)CCC1. The Morgan fingerprint density at radius 1 is 1.44 bits per heavy atom. The van der Waals surface area contributed by atoms with Crippen molar-refractivity contribution in [2.24, 2.45) is 5.41 Å². The summed E-state index contributed by atoms with van der Waals surface area (Å²) in [5, 5.41) is 0. The molecule has 9 heavy (non-hydrogen) atoms. The highest BCUT2D eigenvalue weighted by molar-refractivity contribution is 7.98. The molecule has 1 aliphatic rings. The van der Waals surface area contributed by atoms with Crippen LogP contribution in [0.25, 0.3) is 0 Å². The predicted octanol–water partition coefficient (Wildman–Crippen LogP) is 2.93. The summed E-state index contributed by atoms with van der Waals surface area (Å²) >= 11 is 2.01. The summed E-state index contributed by atoms with van der Waals surface area (Å²) in [7, 11) is 0. The molecule has 54 valence electrons. The second-order valence-corrected chi connectivity index (χ2v) is 4.01. The zero-order valence-corrected chi connectivity index (χ0v) is 7.26. The van der Waals surface area contributed by atoms with Crippen LogP contribution in [0.5, 0.6) is 0 Å². The van der Waals surface area contributed by atoms with E-state index in [-0.39, 0.29) is 0 Å². The summed E-state index contributed by atoms with van der Waals surface area (Å²) in [6, 6.07) is 0. The second-order valence-electron chi connectivity index (χ2n) is 3.14. The lowest BCUT2D eigenvalue weighted by Gasteiger charge is -2.40. The number of thioether (sulfide) groups is 1. The van der Waals surface area contributed by atoms with Crippen LogP contribution in [0, 0.1) is 5.41 Å².